The van der Waals surface area contributed by atoms with Gasteiger partial charge in [0.1, 0.15) is 5.54 Å². The van der Waals surface area contributed by atoms with Gasteiger partial charge >= 0.3 is 5.97 Å². The lowest BCUT2D eigenvalue weighted by Crippen LogP contribution is -2.60. The molecule has 4 nitrogen and oxygen atoms in total. The summed E-state index contributed by atoms with van der Waals surface area (Å²) in [7, 11) is 0. The highest BCUT2D eigenvalue weighted by Crippen LogP contribution is 2.24. The molecule has 0 radical (unpaired) electrons. The van der Waals surface area contributed by atoms with E-state index in [4.69, 9.17) is 0 Å². The normalized spacial score (nSPS) is 20.6. The Hall–Kier alpha value is -0.610. The van der Waals surface area contributed by atoms with Crippen LogP contribution in [0.1, 0.15) is 53.4 Å². The summed E-state index contributed by atoms with van der Waals surface area (Å²) in [5.74, 6) is -0.757. The lowest BCUT2D eigenvalue weighted by Gasteiger charge is -2.37. The van der Waals surface area contributed by atoms with Crippen LogP contribution in [0.4, 0.5) is 0 Å². The maximum Gasteiger partial charge on any atom is 0.324 e. The molecule has 106 valence electrons. The summed E-state index contributed by atoms with van der Waals surface area (Å²) < 4.78 is 0. The number of rotatable bonds is 7. The largest absolute Gasteiger partial charge is 0.480 e. The molecule has 1 aliphatic carbocycles. The molecule has 0 heterocycles. The van der Waals surface area contributed by atoms with Gasteiger partial charge in [0.2, 0.25) is 0 Å². The molecule has 1 unspecified atom stereocenters. The Kier molecular flexibility index (Phi) is 5.60. The molecule has 1 aliphatic rings. The molecule has 0 spiro atoms. The van der Waals surface area contributed by atoms with Crippen molar-refractivity contribution in [3.8, 4) is 0 Å². The van der Waals surface area contributed by atoms with E-state index in [0.717, 1.165) is 6.54 Å². The van der Waals surface area contributed by atoms with Crippen molar-refractivity contribution in [1.29, 1.82) is 0 Å². The second-order valence-corrected chi connectivity index (χ2v) is 5.94. The molecular weight excluding hydrogens is 228 g/mol. The molecule has 0 bridgehead atoms. The molecule has 18 heavy (non-hydrogen) atoms. The van der Waals surface area contributed by atoms with Crippen molar-refractivity contribution in [2.75, 3.05) is 13.1 Å². The highest BCUT2D eigenvalue weighted by atomic mass is 16.4. The number of hydrogen-bond acceptors (Lipinski definition) is 3. The number of nitrogens with one attached hydrogen (secondary N) is 1. The van der Waals surface area contributed by atoms with Crippen LogP contribution in [0.3, 0.4) is 0 Å². The van der Waals surface area contributed by atoms with Crippen molar-refractivity contribution in [3.63, 3.8) is 0 Å². The van der Waals surface area contributed by atoms with Gasteiger partial charge < -0.3 is 5.11 Å². The minimum Gasteiger partial charge on any atom is -0.480 e. The predicted molar refractivity (Wildman–Crippen MR) is 73.8 cm³/mol. The molecule has 4 heteroatoms. The van der Waals surface area contributed by atoms with Crippen LogP contribution in [0.25, 0.3) is 0 Å². The van der Waals surface area contributed by atoms with Gasteiger partial charge in [-0.2, -0.15) is 0 Å². The van der Waals surface area contributed by atoms with Gasteiger partial charge in [-0.1, -0.05) is 19.8 Å². The van der Waals surface area contributed by atoms with Crippen molar-refractivity contribution in [2.24, 2.45) is 0 Å². The fraction of sp³-hybridized carbons (Fsp3) is 0.929. The number of carboxylic acid groups (broad SMARTS) is 1. The van der Waals surface area contributed by atoms with Gasteiger partial charge in [0.05, 0.1) is 0 Å². The Balaban J connectivity index is 2.70. The molecule has 2 N–H and O–H groups in total. The number of hydrogen-bond donors (Lipinski definition) is 2. The van der Waals surface area contributed by atoms with Crippen LogP contribution in [0, 0.1) is 0 Å². The SMILES string of the molecule is CCN(CC(C)(NC(C)C)C(=O)O)C1CCCC1. The van der Waals surface area contributed by atoms with Gasteiger partial charge in [0, 0.05) is 18.6 Å². The van der Waals surface area contributed by atoms with Crippen LogP contribution < -0.4 is 5.32 Å². The van der Waals surface area contributed by atoms with Gasteiger partial charge in [-0.3, -0.25) is 15.0 Å². The van der Waals surface area contributed by atoms with Gasteiger partial charge in [-0.25, -0.2) is 0 Å². The van der Waals surface area contributed by atoms with Crippen LogP contribution in [0.2, 0.25) is 0 Å². The van der Waals surface area contributed by atoms with E-state index in [1.165, 1.54) is 25.7 Å². The third-order valence-electron chi connectivity index (χ3n) is 3.85. The summed E-state index contributed by atoms with van der Waals surface area (Å²) >= 11 is 0. The average Bonchev–Trinajstić information content (AvgIpc) is 2.78. The fourth-order valence-electron chi connectivity index (χ4n) is 2.99. The van der Waals surface area contributed by atoms with Gasteiger partial charge in [-0.05, 0) is 40.2 Å². The molecule has 0 aromatic heterocycles. The van der Waals surface area contributed by atoms with E-state index in [0.29, 0.717) is 12.6 Å². The summed E-state index contributed by atoms with van der Waals surface area (Å²) in [4.78, 5) is 13.9. The van der Waals surface area contributed by atoms with E-state index in [9.17, 15) is 9.90 Å². The van der Waals surface area contributed by atoms with E-state index in [1.807, 2.05) is 13.8 Å². The summed E-state index contributed by atoms with van der Waals surface area (Å²) in [6.07, 6.45) is 4.99. The number of carbonyl (C=O) groups is 1. The number of aliphatic carboxylic acids is 1. The Morgan fingerprint density at radius 1 is 1.44 bits per heavy atom. The quantitative estimate of drug-likeness (QED) is 0.732. The van der Waals surface area contributed by atoms with Gasteiger partial charge in [0.15, 0.2) is 0 Å². The summed E-state index contributed by atoms with van der Waals surface area (Å²) in [5.41, 5.74) is -0.854. The van der Waals surface area contributed by atoms with Crippen LogP contribution in [0.5, 0.6) is 0 Å². The first-order valence-corrected chi connectivity index (χ1v) is 7.14. The number of likely N-dealkylation sites (N-methyl/N-ethyl adjacent to an activating group) is 1. The zero-order valence-corrected chi connectivity index (χ0v) is 12.2. The van der Waals surface area contributed by atoms with Gasteiger partial charge in [-0.15, -0.1) is 0 Å². The van der Waals surface area contributed by atoms with E-state index in [-0.39, 0.29) is 6.04 Å². The second-order valence-electron chi connectivity index (χ2n) is 5.94. The monoisotopic (exact) mass is 256 g/mol. The Bertz CT molecular complexity index is 275. The third kappa shape index (κ3) is 3.95. The van der Waals surface area contributed by atoms with Crippen LogP contribution in [-0.2, 0) is 4.79 Å². The molecule has 0 aromatic carbocycles. The maximum absolute atomic E-state index is 11.5. The maximum atomic E-state index is 11.5. The van der Waals surface area contributed by atoms with Crippen LogP contribution in [0.15, 0.2) is 0 Å². The minimum atomic E-state index is -0.854. The Labute approximate surface area is 111 Å². The first-order valence-electron chi connectivity index (χ1n) is 7.14. The topological polar surface area (TPSA) is 52.6 Å². The Morgan fingerprint density at radius 3 is 2.39 bits per heavy atom. The van der Waals surface area contributed by atoms with Crippen molar-refractivity contribution >= 4 is 5.97 Å². The van der Waals surface area contributed by atoms with E-state index in [1.54, 1.807) is 6.92 Å². The molecule has 0 aliphatic heterocycles. The second kappa shape index (κ2) is 6.53. The third-order valence-corrected chi connectivity index (χ3v) is 3.85. The van der Waals surface area contributed by atoms with Crippen LogP contribution >= 0.6 is 0 Å². The smallest absolute Gasteiger partial charge is 0.324 e. The van der Waals surface area contributed by atoms with Crippen molar-refractivity contribution in [2.45, 2.75) is 71.0 Å². The highest BCUT2D eigenvalue weighted by Gasteiger charge is 2.37. The number of carboxylic acids is 1. The van der Waals surface area contributed by atoms with Crippen LogP contribution in [-0.4, -0.2) is 46.7 Å². The Morgan fingerprint density at radius 2 is 2.00 bits per heavy atom. The molecule has 1 saturated carbocycles. The zero-order valence-electron chi connectivity index (χ0n) is 12.2. The summed E-state index contributed by atoms with van der Waals surface area (Å²) in [5, 5.41) is 12.7. The molecular formula is C14H28N2O2. The van der Waals surface area contributed by atoms with E-state index in [2.05, 4.69) is 17.1 Å². The molecule has 0 saturated heterocycles. The molecule has 0 amide bonds. The average molecular weight is 256 g/mol. The first-order chi connectivity index (χ1) is 8.39. The fourth-order valence-corrected chi connectivity index (χ4v) is 2.99. The molecule has 1 fully saturated rings. The molecule has 1 rings (SSSR count). The van der Waals surface area contributed by atoms with Crippen molar-refractivity contribution < 1.29 is 9.90 Å². The number of nitrogens with zero attached hydrogens (tertiary/aromatic N) is 1. The standard InChI is InChI=1S/C14H28N2O2/c1-5-16(12-8-6-7-9-12)10-14(4,13(17)18)15-11(2)3/h11-12,15H,5-10H2,1-4H3,(H,17,18). The minimum absolute atomic E-state index is 0.174. The highest BCUT2D eigenvalue weighted by molar-refractivity contribution is 5.78. The molecule has 0 aromatic rings. The van der Waals surface area contributed by atoms with E-state index >= 15 is 0 Å². The molecule has 1 atom stereocenters. The van der Waals surface area contributed by atoms with Gasteiger partial charge in [0.25, 0.3) is 0 Å². The van der Waals surface area contributed by atoms with Crippen molar-refractivity contribution in [1.82, 2.24) is 10.2 Å². The lowest BCUT2D eigenvalue weighted by atomic mass is 9.99. The van der Waals surface area contributed by atoms with Crippen molar-refractivity contribution in [3.05, 3.63) is 0 Å². The predicted octanol–water partition coefficient (Wildman–Crippen LogP) is 2.09. The summed E-state index contributed by atoms with van der Waals surface area (Å²) in [6, 6.07) is 0.746. The zero-order chi connectivity index (χ0) is 13.8. The lowest BCUT2D eigenvalue weighted by molar-refractivity contribution is -0.145. The summed E-state index contributed by atoms with van der Waals surface area (Å²) in [6.45, 7) is 9.41. The first kappa shape index (κ1) is 15.4. The van der Waals surface area contributed by atoms with E-state index < -0.39 is 11.5 Å².